The number of ether oxygens (including phenoxy) is 1. The van der Waals surface area contributed by atoms with Gasteiger partial charge in [0.05, 0.1) is 17.7 Å². The number of nitrogens with zero attached hydrogens (tertiary/aromatic N) is 1. The summed E-state index contributed by atoms with van der Waals surface area (Å²) in [5, 5.41) is 4.03. The molecule has 7 heteroatoms. The number of carbonyl (C=O) groups excluding carboxylic acids is 1. The van der Waals surface area contributed by atoms with Crippen LogP contribution in [0.25, 0.3) is 0 Å². The molecule has 1 heterocycles. The number of carbonyl (C=O) groups is 1. The molecule has 0 fully saturated rings. The van der Waals surface area contributed by atoms with E-state index in [4.69, 9.17) is 16.3 Å². The van der Waals surface area contributed by atoms with Crippen LogP contribution in [0.15, 0.2) is 47.5 Å². The van der Waals surface area contributed by atoms with Crippen molar-refractivity contribution in [3.8, 4) is 5.75 Å². The van der Waals surface area contributed by atoms with Crippen molar-refractivity contribution in [2.24, 2.45) is 16.3 Å². The van der Waals surface area contributed by atoms with Crippen molar-refractivity contribution in [2.75, 3.05) is 12.4 Å². The molecule has 1 aromatic heterocycles. The third-order valence-corrected chi connectivity index (χ3v) is 7.75. The first-order valence-electron chi connectivity index (χ1n) is 11.2. The average molecular weight is 499 g/mol. The monoisotopic (exact) mass is 498 g/mol. The largest absolute Gasteiger partial charge is 0.495 e. The molecule has 1 aliphatic carbocycles. The van der Waals surface area contributed by atoms with Crippen LogP contribution in [0.2, 0.25) is 5.02 Å². The minimum absolute atomic E-state index is 0.189. The summed E-state index contributed by atoms with van der Waals surface area (Å²) in [6.45, 7) is 6.79. The average Bonchev–Trinajstić information content (AvgIpc) is 3.15. The Labute approximate surface area is 208 Å². The van der Waals surface area contributed by atoms with E-state index in [1.54, 1.807) is 55.0 Å². The smallest absolute Gasteiger partial charge is 0.259 e. The lowest BCUT2D eigenvalue weighted by Gasteiger charge is -2.33. The van der Waals surface area contributed by atoms with E-state index in [1.807, 2.05) is 0 Å². The Morgan fingerprint density at radius 1 is 1.26 bits per heavy atom. The number of benzene rings is 2. The highest BCUT2D eigenvalue weighted by Gasteiger charge is 2.33. The van der Waals surface area contributed by atoms with E-state index in [2.05, 4.69) is 31.1 Å². The molecule has 1 N–H and O–H groups in total. The normalized spacial score (nSPS) is 15.9. The number of nitrogens with one attached hydrogen (secondary N) is 1. The van der Waals surface area contributed by atoms with Gasteiger partial charge in [0.15, 0.2) is 0 Å². The Kier molecular flexibility index (Phi) is 7.10. The van der Waals surface area contributed by atoms with E-state index in [1.165, 1.54) is 17.0 Å². The molecule has 2 aromatic carbocycles. The molecule has 1 atom stereocenters. The Balaban J connectivity index is 1.70. The maximum absolute atomic E-state index is 13.6. The van der Waals surface area contributed by atoms with Crippen LogP contribution in [-0.2, 0) is 12.8 Å². The van der Waals surface area contributed by atoms with E-state index >= 15 is 0 Å². The van der Waals surface area contributed by atoms with Gasteiger partial charge in [-0.1, -0.05) is 44.5 Å². The van der Waals surface area contributed by atoms with Crippen LogP contribution in [0.5, 0.6) is 5.75 Å². The third kappa shape index (κ3) is 5.34. The molecule has 0 radical (unpaired) electrons. The van der Waals surface area contributed by atoms with Gasteiger partial charge in [0, 0.05) is 16.8 Å². The fourth-order valence-electron chi connectivity index (χ4n) is 4.29. The van der Waals surface area contributed by atoms with Crippen LogP contribution < -0.4 is 10.1 Å². The van der Waals surface area contributed by atoms with Gasteiger partial charge in [0.2, 0.25) is 0 Å². The predicted molar refractivity (Wildman–Crippen MR) is 139 cm³/mol. The van der Waals surface area contributed by atoms with Gasteiger partial charge in [-0.05, 0) is 72.1 Å². The molecule has 3 aromatic rings. The number of fused-ring (bicyclic) bond motifs is 1. The maximum Gasteiger partial charge on any atom is 0.259 e. The number of methoxy groups -OCH3 is 1. The zero-order valence-corrected chi connectivity index (χ0v) is 21.3. The zero-order valence-electron chi connectivity index (χ0n) is 19.7. The summed E-state index contributed by atoms with van der Waals surface area (Å²) in [7, 11) is 1.55. The molecule has 4 rings (SSSR count). The van der Waals surface area contributed by atoms with Crippen LogP contribution in [0.1, 0.15) is 53.6 Å². The molecule has 0 saturated heterocycles. The lowest BCUT2D eigenvalue weighted by atomic mass is 9.72. The van der Waals surface area contributed by atoms with Gasteiger partial charge in [0.25, 0.3) is 5.91 Å². The van der Waals surface area contributed by atoms with Crippen molar-refractivity contribution < 1.29 is 13.9 Å². The quantitative estimate of drug-likeness (QED) is 0.366. The number of aliphatic imine (C=N–C) groups is 1. The van der Waals surface area contributed by atoms with Crippen molar-refractivity contribution in [1.82, 2.24) is 0 Å². The number of hydrogen-bond donors (Lipinski definition) is 1. The molecule has 34 heavy (non-hydrogen) atoms. The van der Waals surface area contributed by atoms with Crippen molar-refractivity contribution in [2.45, 2.75) is 40.0 Å². The second kappa shape index (κ2) is 9.88. The van der Waals surface area contributed by atoms with Gasteiger partial charge in [-0.15, -0.1) is 11.3 Å². The van der Waals surface area contributed by atoms with Crippen molar-refractivity contribution in [3.05, 3.63) is 74.9 Å². The molecule has 0 aliphatic heterocycles. The van der Waals surface area contributed by atoms with E-state index in [0.29, 0.717) is 38.5 Å². The molecule has 1 aliphatic rings. The molecular weight excluding hydrogens is 471 g/mol. The maximum atomic E-state index is 13.6. The number of anilines is 1. The summed E-state index contributed by atoms with van der Waals surface area (Å²) < 4.78 is 18.8. The first kappa shape index (κ1) is 24.4. The summed E-state index contributed by atoms with van der Waals surface area (Å²) in [6, 6.07) is 11.4. The van der Waals surface area contributed by atoms with Crippen molar-refractivity contribution in [3.63, 3.8) is 0 Å². The Morgan fingerprint density at radius 2 is 2.06 bits per heavy atom. The van der Waals surface area contributed by atoms with Gasteiger partial charge in [0.1, 0.15) is 16.6 Å². The Hall–Kier alpha value is -2.70. The van der Waals surface area contributed by atoms with Crippen molar-refractivity contribution >= 4 is 45.7 Å². The number of thiophene rings is 1. The molecule has 178 valence electrons. The lowest BCUT2D eigenvalue weighted by molar-refractivity contribution is 0.102. The van der Waals surface area contributed by atoms with E-state index in [9.17, 15) is 9.18 Å². The highest BCUT2D eigenvalue weighted by Crippen LogP contribution is 2.45. The molecule has 0 spiro atoms. The van der Waals surface area contributed by atoms with Gasteiger partial charge >= 0.3 is 0 Å². The van der Waals surface area contributed by atoms with Crippen LogP contribution in [0.3, 0.4) is 0 Å². The first-order chi connectivity index (χ1) is 16.2. The van der Waals surface area contributed by atoms with Crippen molar-refractivity contribution in [1.29, 1.82) is 0 Å². The molecule has 4 nitrogen and oxygen atoms in total. The second-order valence-corrected chi connectivity index (χ2v) is 11.1. The Morgan fingerprint density at radius 3 is 2.74 bits per heavy atom. The summed E-state index contributed by atoms with van der Waals surface area (Å²) in [5.74, 6) is 0.535. The number of hydrogen-bond acceptors (Lipinski definition) is 4. The number of rotatable bonds is 5. The first-order valence-corrected chi connectivity index (χ1v) is 12.4. The van der Waals surface area contributed by atoms with Gasteiger partial charge in [-0.2, -0.15) is 0 Å². The fraction of sp³-hybridized carbons (Fsp3) is 0.333. The predicted octanol–water partition coefficient (Wildman–Crippen LogP) is 7.70. The van der Waals surface area contributed by atoms with Crippen LogP contribution in [0.4, 0.5) is 15.1 Å². The lowest BCUT2D eigenvalue weighted by Crippen LogP contribution is -2.27. The summed E-state index contributed by atoms with van der Waals surface area (Å²) in [6.07, 6.45) is 4.39. The summed E-state index contributed by atoms with van der Waals surface area (Å²) in [4.78, 5) is 19.3. The second-order valence-electron chi connectivity index (χ2n) is 9.61. The Bertz CT molecular complexity index is 1250. The molecule has 1 unspecified atom stereocenters. The van der Waals surface area contributed by atoms with Gasteiger partial charge in [-0.3, -0.25) is 4.79 Å². The standard InChI is InChI=1S/C27H28ClFN2O2S/c1-27(2,3)17-8-10-20-23(13-17)34-26(30-15-16-6-5-7-18(29)12-16)24(20)25(32)31-19-9-11-22(33-4)21(28)14-19/h5-7,9,11-12,14-15,17H,8,10,13H2,1-4H3,(H,31,32). The number of halogens is 2. The summed E-state index contributed by atoms with van der Waals surface area (Å²) in [5.41, 5.74) is 3.07. The van der Waals surface area contributed by atoms with E-state index in [-0.39, 0.29) is 17.1 Å². The van der Waals surface area contributed by atoms with E-state index in [0.717, 1.165) is 24.8 Å². The molecule has 1 amide bonds. The fourth-order valence-corrected chi connectivity index (χ4v) is 5.82. The van der Waals surface area contributed by atoms with E-state index < -0.39 is 0 Å². The highest BCUT2D eigenvalue weighted by molar-refractivity contribution is 7.16. The van der Waals surface area contributed by atoms with Crippen LogP contribution >= 0.6 is 22.9 Å². The van der Waals surface area contributed by atoms with Crippen LogP contribution in [-0.4, -0.2) is 19.2 Å². The van der Waals surface area contributed by atoms with Crippen LogP contribution in [0, 0.1) is 17.2 Å². The van der Waals surface area contributed by atoms with Gasteiger partial charge < -0.3 is 10.1 Å². The molecular formula is C27H28ClFN2O2S. The third-order valence-electron chi connectivity index (χ3n) is 6.29. The molecule has 0 bridgehead atoms. The highest BCUT2D eigenvalue weighted by atomic mass is 35.5. The zero-order chi connectivity index (χ0) is 24.5. The topological polar surface area (TPSA) is 50.7 Å². The van der Waals surface area contributed by atoms with Gasteiger partial charge in [-0.25, -0.2) is 9.38 Å². The molecule has 0 saturated carbocycles. The minimum Gasteiger partial charge on any atom is -0.495 e. The SMILES string of the molecule is COc1ccc(NC(=O)c2c(N=Cc3cccc(F)c3)sc3c2CCC(C(C)(C)C)C3)cc1Cl. The minimum atomic E-state index is -0.322. The summed E-state index contributed by atoms with van der Waals surface area (Å²) >= 11 is 7.80. The number of amides is 1.